The van der Waals surface area contributed by atoms with E-state index in [9.17, 15) is 4.79 Å². The minimum atomic E-state index is 0.110. The predicted molar refractivity (Wildman–Crippen MR) is 83.4 cm³/mol. The number of carbonyl (C=O) groups excluding carboxylic acids is 1. The van der Waals surface area contributed by atoms with E-state index in [2.05, 4.69) is 29.7 Å². The summed E-state index contributed by atoms with van der Waals surface area (Å²) in [6.45, 7) is 7.77. The summed E-state index contributed by atoms with van der Waals surface area (Å²) < 4.78 is 2.16. The van der Waals surface area contributed by atoms with Crippen molar-refractivity contribution in [3.05, 3.63) is 35.3 Å². The summed E-state index contributed by atoms with van der Waals surface area (Å²) in [5.41, 5.74) is 4.63. The molecule has 4 heteroatoms. The molecule has 0 bridgehead atoms. The van der Waals surface area contributed by atoms with Crippen molar-refractivity contribution in [3.8, 4) is 0 Å². The van der Waals surface area contributed by atoms with Crippen molar-refractivity contribution in [2.75, 3.05) is 13.1 Å². The smallest absolute Gasteiger partial charge is 0.226 e. The van der Waals surface area contributed by atoms with Gasteiger partial charge in [0.05, 0.1) is 5.69 Å². The van der Waals surface area contributed by atoms with Crippen LogP contribution in [0.2, 0.25) is 0 Å². The molecular formula is C17H23N3O. The minimum Gasteiger partial charge on any atom is -0.343 e. The molecule has 1 aliphatic rings. The molecule has 1 aliphatic carbocycles. The maximum atomic E-state index is 12.6. The van der Waals surface area contributed by atoms with Gasteiger partial charge in [-0.3, -0.25) is 4.79 Å². The van der Waals surface area contributed by atoms with Crippen molar-refractivity contribution in [2.24, 2.45) is 5.92 Å². The van der Waals surface area contributed by atoms with Gasteiger partial charge >= 0.3 is 0 Å². The molecule has 2 aromatic heterocycles. The molecule has 0 saturated heterocycles. The van der Waals surface area contributed by atoms with Crippen LogP contribution in [0.5, 0.6) is 0 Å². The molecule has 1 atom stereocenters. The second-order valence-electron chi connectivity index (χ2n) is 5.89. The number of hydrogen-bond donors (Lipinski definition) is 0. The lowest BCUT2D eigenvalue weighted by molar-refractivity contribution is -0.135. The van der Waals surface area contributed by atoms with Crippen molar-refractivity contribution in [1.82, 2.24) is 14.3 Å². The van der Waals surface area contributed by atoms with Gasteiger partial charge < -0.3 is 9.30 Å². The van der Waals surface area contributed by atoms with Crippen molar-refractivity contribution < 1.29 is 4.79 Å². The molecule has 0 saturated carbocycles. The molecule has 0 aromatic carbocycles. The van der Waals surface area contributed by atoms with E-state index in [4.69, 9.17) is 4.98 Å². The summed E-state index contributed by atoms with van der Waals surface area (Å²) in [4.78, 5) is 19.3. The lowest BCUT2D eigenvalue weighted by Gasteiger charge is -2.27. The molecule has 0 aliphatic heterocycles. The monoisotopic (exact) mass is 285 g/mol. The number of nitrogens with zero attached hydrogens (tertiary/aromatic N) is 3. The SMILES string of the molecule is CCN(CC)C(=O)C1CCc2nc3cc(C)ccn3c2C1. The van der Waals surface area contributed by atoms with Crippen LogP contribution >= 0.6 is 0 Å². The number of carbonyl (C=O) groups is 1. The number of aryl methyl sites for hydroxylation is 2. The molecule has 0 radical (unpaired) electrons. The Morgan fingerprint density at radius 1 is 1.43 bits per heavy atom. The highest BCUT2D eigenvalue weighted by molar-refractivity contribution is 5.79. The van der Waals surface area contributed by atoms with Crippen LogP contribution < -0.4 is 0 Å². The van der Waals surface area contributed by atoms with Crippen LogP contribution in [0.1, 0.15) is 37.2 Å². The second-order valence-corrected chi connectivity index (χ2v) is 5.89. The van der Waals surface area contributed by atoms with Crippen molar-refractivity contribution in [2.45, 2.75) is 40.0 Å². The number of hydrogen-bond acceptors (Lipinski definition) is 2. The normalized spacial score (nSPS) is 17.8. The van der Waals surface area contributed by atoms with E-state index < -0.39 is 0 Å². The third kappa shape index (κ3) is 2.43. The minimum absolute atomic E-state index is 0.110. The highest BCUT2D eigenvalue weighted by Crippen LogP contribution is 2.27. The number of fused-ring (bicyclic) bond motifs is 3. The van der Waals surface area contributed by atoms with Crippen LogP contribution in [0.3, 0.4) is 0 Å². The molecule has 0 N–H and O–H groups in total. The Balaban J connectivity index is 1.91. The van der Waals surface area contributed by atoms with Gasteiger partial charge in [0.2, 0.25) is 5.91 Å². The van der Waals surface area contributed by atoms with E-state index in [1.165, 1.54) is 17.0 Å². The van der Waals surface area contributed by atoms with Gasteiger partial charge in [0.15, 0.2) is 0 Å². The fraction of sp³-hybridized carbons (Fsp3) is 0.529. The first kappa shape index (κ1) is 14.1. The maximum Gasteiger partial charge on any atom is 0.226 e. The van der Waals surface area contributed by atoms with Gasteiger partial charge in [0, 0.05) is 37.3 Å². The predicted octanol–water partition coefficient (Wildman–Crippen LogP) is 2.62. The van der Waals surface area contributed by atoms with Crippen LogP contribution in [0.25, 0.3) is 5.65 Å². The zero-order valence-corrected chi connectivity index (χ0v) is 13.1. The zero-order chi connectivity index (χ0) is 15.0. The van der Waals surface area contributed by atoms with Crippen LogP contribution in [-0.2, 0) is 17.6 Å². The second kappa shape index (κ2) is 5.51. The first-order valence-electron chi connectivity index (χ1n) is 7.89. The van der Waals surface area contributed by atoms with Crippen molar-refractivity contribution in [3.63, 3.8) is 0 Å². The highest BCUT2D eigenvalue weighted by Gasteiger charge is 2.30. The number of amides is 1. The molecule has 1 amide bonds. The largest absolute Gasteiger partial charge is 0.343 e. The molecule has 0 spiro atoms. The van der Waals surface area contributed by atoms with Crippen molar-refractivity contribution >= 4 is 11.6 Å². The van der Waals surface area contributed by atoms with E-state index in [-0.39, 0.29) is 5.92 Å². The summed E-state index contributed by atoms with van der Waals surface area (Å²) in [5, 5.41) is 0. The van der Waals surface area contributed by atoms with Crippen LogP contribution in [0.4, 0.5) is 0 Å². The average Bonchev–Trinajstić information content (AvgIpc) is 2.84. The van der Waals surface area contributed by atoms with Gasteiger partial charge in [0.1, 0.15) is 5.65 Å². The molecule has 112 valence electrons. The Kier molecular flexibility index (Phi) is 3.70. The fourth-order valence-corrected chi connectivity index (χ4v) is 3.31. The lowest BCUT2D eigenvalue weighted by Crippen LogP contribution is -2.38. The fourth-order valence-electron chi connectivity index (χ4n) is 3.31. The number of aromatic nitrogens is 2. The highest BCUT2D eigenvalue weighted by atomic mass is 16.2. The topological polar surface area (TPSA) is 37.6 Å². The van der Waals surface area contributed by atoms with E-state index in [0.717, 1.165) is 38.0 Å². The summed E-state index contributed by atoms with van der Waals surface area (Å²) in [6, 6.07) is 4.21. The quantitative estimate of drug-likeness (QED) is 0.869. The van der Waals surface area contributed by atoms with Crippen molar-refractivity contribution in [1.29, 1.82) is 0 Å². The van der Waals surface area contributed by atoms with Gasteiger partial charge in [-0.1, -0.05) is 0 Å². The molecular weight excluding hydrogens is 262 g/mol. The summed E-state index contributed by atoms with van der Waals surface area (Å²) in [7, 11) is 0. The van der Waals surface area contributed by atoms with Gasteiger partial charge in [0.25, 0.3) is 0 Å². The van der Waals surface area contributed by atoms with E-state index >= 15 is 0 Å². The average molecular weight is 285 g/mol. The van der Waals surface area contributed by atoms with Gasteiger partial charge in [-0.05, 0) is 51.3 Å². The Morgan fingerprint density at radius 2 is 2.19 bits per heavy atom. The number of rotatable bonds is 3. The lowest BCUT2D eigenvalue weighted by atomic mass is 9.88. The maximum absolute atomic E-state index is 12.6. The third-order valence-electron chi connectivity index (χ3n) is 4.56. The molecule has 4 nitrogen and oxygen atoms in total. The third-order valence-corrected chi connectivity index (χ3v) is 4.56. The summed E-state index contributed by atoms with van der Waals surface area (Å²) >= 11 is 0. The Hall–Kier alpha value is -1.84. The molecule has 0 fully saturated rings. The first-order valence-corrected chi connectivity index (χ1v) is 7.89. The Bertz CT molecular complexity index is 670. The van der Waals surface area contributed by atoms with E-state index in [1.54, 1.807) is 0 Å². The van der Waals surface area contributed by atoms with Gasteiger partial charge in [-0.15, -0.1) is 0 Å². The van der Waals surface area contributed by atoms with E-state index in [1.807, 2.05) is 18.7 Å². The molecule has 1 unspecified atom stereocenters. The standard InChI is InChI=1S/C17H23N3O/c1-4-19(5-2)17(21)13-6-7-14-15(11-13)20-9-8-12(3)10-16(20)18-14/h8-10,13H,4-7,11H2,1-3H3. The van der Waals surface area contributed by atoms with Crippen LogP contribution in [0.15, 0.2) is 18.3 Å². The Labute approximate surface area is 125 Å². The van der Waals surface area contributed by atoms with E-state index in [0.29, 0.717) is 5.91 Å². The van der Waals surface area contributed by atoms with Gasteiger partial charge in [-0.2, -0.15) is 0 Å². The molecule has 2 heterocycles. The molecule has 21 heavy (non-hydrogen) atoms. The summed E-state index contributed by atoms with van der Waals surface area (Å²) in [5.74, 6) is 0.409. The Morgan fingerprint density at radius 3 is 2.90 bits per heavy atom. The number of imidazole rings is 1. The van der Waals surface area contributed by atoms with Gasteiger partial charge in [-0.25, -0.2) is 4.98 Å². The summed E-state index contributed by atoms with van der Waals surface area (Å²) in [6.07, 6.45) is 4.73. The van der Waals surface area contributed by atoms with Crippen LogP contribution in [0, 0.1) is 12.8 Å². The number of pyridine rings is 1. The first-order chi connectivity index (χ1) is 10.1. The van der Waals surface area contributed by atoms with Crippen LogP contribution in [-0.4, -0.2) is 33.3 Å². The molecule has 2 aromatic rings. The molecule has 3 rings (SSSR count). The zero-order valence-electron chi connectivity index (χ0n) is 13.1.